The van der Waals surface area contributed by atoms with E-state index in [9.17, 15) is 9.90 Å². The Hall–Kier alpha value is -2.71. The minimum atomic E-state index is -0.594. The highest BCUT2D eigenvalue weighted by Crippen LogP contribution is 2.53. The van der Waals surface area contributed by atoms with Crippen LogP contribution in [0.4, 0.5) is 10.5 Å². The van der Waals surface area contributed by atoms with Crippen LogP contribution in [0.5, 0.6) is 0 Å². The molecule has 0 aromatic heterocycles. The fourth-order valence-corrected chi connectivity index (χ4v) is 7.40. The number of fused-ring (bicyclic) bond motifs is 2. The largest absolute Gasteiger partial charge is 0.445 e. The zero-order valence-corrected chi connectivity index (χ0v) is 24.3. The molecule has 2 N–H and O–H groups in total. The van der Waals surface area contributed by atoms with Crippen molar-refractivity contribution in [3.63, 3.8) is 0 Å². The SMILES string of the molecule is C=CCOC(=O)Nc1cccc(C2OC(CN3CC4(C)CC3CC(C)(C)C4)C(C)C(c3ccc(CO)cc3)O2)c1. The van der Waals surface area contributed by atoms with Crippen LogP contribution in [0.25, 0.3) is 0 Å². The van der Waals surface area contributed by atoms with E-state index in [0.29, 0.717) is 22.6 Å². The molecule has 0 spiro atoms. The number of ether oxygens (including phenoxy) is 3. The molecule has 2 aromatic rings. The number of carbonyl (C=O) groups is 1. The van der Waals surface area contributed by atoms with Gasteiger partial charge >= 0.3 is 6.09 Å². The molecule has 0 radical (unpaired) electrons. The van der Waals surface area contributed by atoms with E-state index in [-0.39, 0.29) is 31.3 Å². The Morgan fingerprint density at radius 3 is 2.65 bits per heavy atom. The Kier molecular flexibility index (Phi) is 8.39. The number of nitrogens with one attached hydrogen (secondary N) is 1. The van der Waals surface area contributed by atoms with E-state index < -0.39 is 12.4 Å². The van der Waals surface area contributed by atoms with Crippen molar-refractivity contribution in [2.24, 2.45) is 16.7 Å². The fraction of sp³-hybridized carbons (Fsp3) is 0.545. The van der Waals surface area contributed by atoms with E-state index in [4.69, 9.17) is 14.2 Å². The summed E-state index contributed by atoms with van der Waals surface area (Å²) in [4.78, 5) is 14.8. The molecule has 2 heterocycles. The number of anilines is 1. The van der Waals surface area contributed by atoms with Gasteiger partial charge in [-0.1, -0.05) is 76.7 Å². The molecular weight excluding hydrogens is 504 g/mol. The van der Waals surface area contributed by atoms with Crippen LogP contribution >= 0.6 is 0 Å². The van der Waals surface area contributed by atoms with Crippen LogP contribution in [0, 0.1) is 16.7 Å². The van der Waals surface area contributed by atoms with Crippen LogP contribution < -0.4 is 5.32 Å². The number of hydrogen-bond donors (Lipinski definition) is 2. The lowest BCUT2D eigenvalue weighted by Gasteiger charge is -2.43. The van der Waals surface area contributed by atoms with Crippen LogP contribution in [-0.2, 0) is 20.8 Å². The van der Waals surface area contributed by atoms with Crippen molar-refractivity contribution >= 4 is 11.8 Å². The number of benzene rings is 2. The maximum Gasteiger partial charge on any atom is 0.411 e. The van der Waals surface area contributed by atoms with E-state index in [1.807, 2.05) is 48.5 Å². The molecule has 2 saturated heterocycles. The molecule has 2 bridgehead atoms. The maximum atomic E-state index is 12.1. The van der Waals surface area contributed by atoms with Crippen molar-refractivity contribution in [3.8, 4) is 0 Å². The number of likely N-dealkylation sites (tertiary alicyclic amines) is 1. The van der Waals surface area contributed by atoms with Crippen LogP contribution in [0.2, 0.25) is 0 Å². The molecule has 7 nitrogen and oxygen atoms in total. The first-order valence-electron chi connectivity index (χ1n) is 14.5. The van der Waals surface area contributed by atoms with Gasteiger partial charge in [0, 0.05) is 36.3 Å². The predicted molar refractivity (Wildman–Crippen MR) is 156 cm³/mol. The third kappa shape index (κ3) is 6.44. The first kappa shape index (κ1) is 28.8. The van der Waals surface area contributed by atoms with E-state index in [2.05, 4.69) is 44.5 Å². The molecule has 1 amide bonds. The number of hydrogen-bond acceptors (Lipinski definition) is 6. The molecule has 40 heavy (non-hydrogen) atoms. The summed E-state index contributed by atoms with van der Waals surface area (Å²) in [6.07, 6.45) is 3.90. The van der Waals surface area contributed by atoms with Gasteiger partial charge in [-0.3, -0.25) is 10.2 Å². The molecule has 5 rings (SSSR count). The second kappa shape index (κ2) is 11.6. The first-order chi connectivity index (χ1) is 19.1. The van der Waals surface area contributed by atoms with Crippen molar-refractivity contribution in [2.75, 3.05) is 25.0 Å². The lowest BCUT2D eigenvalue weighted by atomic mass is 9.65. The molecule has 2 aromatic carbocycles. The average molecular weight is 549 g/mol. The summed E-state index contributed by atoms with van der Waals surface area (Å²) in [6, 6.07) is 16.1. The lowest BCUT2D eigenvalue weighted by molar-refractivity contribution is -0.276. The highest BCUT2D eigenvalue weighted by Gasteiger charge is 2.51. The number of rotatable bonds is 8. The summed E-state index contributed by atoms with van der Waals surface area (Å²) in [6.45, 7) is 15.2. The minimum absolute atomic E-state index is 0.0101. The number of amides is 1. The molecule has 3 fully saturated rings. The molecule has 1 saturated carbocycles. The summed E-state index contributed by atoms with van der Waals surface area (Å²) in [5.41, 5.74) is 4.09. The van der Waals surface area contributed by atoms with E-state index in [0.717, 1.165) is 29.8 Å². The van der Waals surface area contributed by atoms with Gasteiger partial charge in [0.1, 0.15) is 6.61 Å². The van der Waals surface area contributed by atoms with Crippen molar-refractivity contribution in [2.45, 2.75) is 78.1 Å². The van der Waals surface area contributed by atoms with Crippen molar-refractivity contribution < 1.29 is 24.1 Å². The predicted octanol–water partition coefficient (Wildman–Crippen LogP) is 6.61. The zero-order valence-electron chi connectivity index (χ0n) is 24.3. The number of aliphatic hydroxyl groups is 1. The van der Waals surface area contributed by atoms with Crippen molar-refractivity contribution in [1.82, 2.24) is 4.90 Å². The third-order valence-electron chi connectivity index (χ3n) is 8.80. The lowest BCUT2D eigenvalue weighted by Crippen LogP contribution is -2.46. The third-order valence-corrected chi connectivity index (χ3v) is 8.80. The second-order valence-electron chi connectivity index (χ2n) is 13.1. The van der Waals surface area contributed by atoms with Crippen LogP contribution in [0.15, 0.2) is 61.2 Å². The molecule has 6 atom stereocenters. The Labute approximate surface area is 238 Å². The fourth-order valence-electron chi connectivity index (χ4n) is 7.40. The molecule has 3 aliphatic rings. The highest BCUT2D eigenvalue weighted by atomic mass is 16.7. The Morgan fingerprint density at radius 1 is 1.15 bits per heavy atom. The standard InChI is InChI=1S/C33H44N2O5/c1-6-14-38-31(37)34-26-9-7-8-25(15-26)30-39-28(18-35-21-33(5)17-27(35)16-32(3,4)20-33)22(2)29(40-30)24-12-10-23(19-36)11-13-24/h6-13,15,22,27-30,36H,1,14,16-21H2,2-5H3,(H,34,37). The number of aliphatic hydroxyl groups excluding tert-OH is 1. The summed E-state index contributed by atoms with van der Waals surface area (Å²) in [5, 5.41) is 12.3. The maximum absolute atomic E-state index is 12.1. The van der Waals surface area contributed by atoms with Crippen LogP contribution in [0.3, 0.4) is 0 Å². The second-order valence-corrected chi connectivity index (χ2v) is 13.1. The Balaban J connectivity index is 1.39. The van der Waals surface area contributed by atoms with Gasteiger partial charge < -0.3 is 19.3 Å². The van der Waals surface area contributed by atoms with Gasteiger partial charge in [0.15, 0.2) is 6.29 Å². The topological polar surface area (TPSA) is 80.3 Å². The summed E-state index contributed by atoms with van der Waals surface area (Å²) >= 11 is 0. The van der Waals surface area contributed by atoms with Gasteiger partial charge in [0.25, 0.3) is 0 Å². The average Bonchev–Trinajstić information content (AvgIpc) is 3.16. The van der Waals surface area contributed by atoms with Gasteiger partial charge in [-0.05, 0) is 53.4 Å². The Bertz CT molecular complexity index is 1200. The van der Waals surface area contributed by atoms with Crippen molar-refractivity contribution in [1.29, 1.82) is 0 Å². The molecule has 216 valence electrons. The molecule has 1 aliphatic carbocycles. The van der Waals surface area contributed by atoms with Gasteiger partial charge in [-0.25, -0.2) is 4.79 Å². The van der Waals surface area contributed by atoms with E-state index in [1.54, 1.807) is 0 Å². The Morgan fingerprint density at radius 2 is 1.93 bits per heavy atom. The summed E-state index contributed by atoms with van der Waals surface area (Å²) in [7, 11) is 0. The number of nitrogens with zero attached hydrogens (tertiary/aromatic N) is 1. The first-order valence-corrected chi connectivity index (χ1v) is 14.5. The van der Waals surface area contributed by atoms with Gasteiger partial charge in [0.2, 0.25) is 0 Å². The monoisotopic (exact) mass is 548 g/mol. The number of carbonyl (C=O) groups excluding carboxylic acids is 1. The summed E-state index contributed by atoms with van der Waals surface area (Å²) in [5.74, 6) is 0.118. The van der Waals surface area contributed by atoms with Crippen molar-refractivity contribution in [3.05, 3.63) is 77.9 Å². The van der Waals surface area contributed by atoms with Crippen LogP contribution in [0.1, 0.15) is 76.0 Å². The van der Waals surface area contributed by atoms with Gasteiger partial charge in [0.05, 0.1) is 18.8 Å². The van der Waals surface area contributed by atoms with Gasteiger partial charge in [-0.2, -0.15) is 0 Å². The minimum Gasteiger partial charge on any atom is -0.445 e. The normalized spacial score (nSPS) is 31.5. The van der Waals surface area contributed by atoms with Gasteiger partial charge in [-0.15, -0.1) is 0 Å². The smallest absolute Gasteiger partial charge is 0.411 e. The van der Waals surface area contributed by atoms with Crippen LogP contribution in [-0.4, -0.2) is 47.9 Å². The van der Waals surface area contributed by atoms with E-state index >= 15 is 0 Å². The quantitative estimate of drug-likeness (QED) is 0.362. The highest BCUT2D eigenvalue weighted by molar-refractivity contribution is 5.84. The molecule has 7 heteroatoms. The molecule has 6 unspecified atom stereocenters. The summed E-state index contributed by atoms with van der Waals surface area (Å²) < 4.78 is 18.5. The molecule has 2 aliphatic heterocycles. The van der Waals surface area contributed by atoms with E-state index in [1.165, 1.54) is 25.3 Å². The zero-order chi connectivity index (χ0) is 28.5. The molecular formula is C33H44N2O5.